The highest BCUT2D eigenvalue weighted by Gasteiger charge is 2.32. The summed E-state index contributed by atoms with van der Waals surface area (Å²) in [7, 11) is 3.44. The average molecular weight is 453 g/mol. The van der Waals surface area contributed by atoms with Gasteiger partial charge in [0.15, 0.2) is 0 Å². The minimum atomic E-state index is -0.653. The molecule has 32 heavy (non-hydrogen) atoms. The molecule has 2 aromatic carbocycles. The second-order valence-electron chi connectivity index (χ2n) is 9.08. The molecule has 0 saturated heterocycles. The average Bonchev–Trinajstić information content (AvgIpc) is 3.27. The standard InChI is InChI=1S/C26H32N2O3S/c1-26(2,3)31-25(30)28(5)23(24(29)27(4)15-14-22-11-8-16-32-22)18-19-12-13-20-9-6-7-10-21(20)17-19/h6-13,16-17,23H,14-15,18H2,1-5H3. The number of hydrogen-bond acceptors (Lipinski definition) is 4. The number of thiophene rings is 1. The molecule has 1 atom stereocenters. The number of hydrogen-bond donors (Lipinski definition) is 0. The van der Waals surface area contributed by atoms with Gasteiger partial charge in [0.1, 0.15) is 11.6 Å². The van der Waals surface area contributed by atoms with Crippen molar-refractivity contribution in [2.45, 2.75) is 45.3 Å². The monoisotopic (exact) mass is 452 g/mol. The van der Waals surface area contributed by atoms with Crippen molar-refractivity contribution in [2.75, 3.05) is 20.6 Å². The van der Waals surface area contributed by atoms with Crippen molar-refractivity contribution in [3.05, 3.63) is 70.4 Å². The highest BCUT2D eigenvalue weighted by molar-refractivity contribution is 7.09. The number of rotatable bonds is 7. The van der Waals surface area contributed by atoms with Crippen LogP contribution in [0.1, 0.15) is 31.2 Å². The van der Waals surface area contributed by atoms with Crippen LogP contribution < -0.4 is 0 Å². The van der Waals surface area contributed by atoms with Gasteiger partial charge in [-0.05, 0) is 55.0 Å². The fourth-order valence-corrected chi connectivity index (χ4v) is 4.24. The van der Waals surface area contributed by atoms with Crippen LogP contribution in [0.5, 0.6) is 0 Å². The number of carbonyl (C=O) groups excluding carboxylic acids is 2. The van der Waals surface area contributed by atoms with Crippen LogP contribution >= 0.6 is 11.3 Å². The first kappa shape index (κ1) is 23.8. The van der Waals surface area contributed by atoms with E-state index in [-0.39, 0.29) is 5.91 Å². The maximum atomic E-state index is 13.5. The summed E-state index contributed by atoms with van der Waals surface area (Å²) >= 11 is 1.68. The molecule has 6 heteroatoms. The van der Waals surface area contributed by atoms with Crippen molar-refractivity contribution in [2.24, 2.45) is 0 Å². The minimum Gasteiger partial charge on any atom is -0.444 e. The summed E-state index contributed by atoms with van der Waals surface area (Å²) in [5.41, 5.74) is 0.372. The number of benzene rings is 2. The first-order valence-corrected chi connectivity index (χ1v) is 11.7. The lowest BCUT2D eigenvalue weighted by atomic mass is 10.00. The van der Waals surface area contributed by atoms with Gasteiger partial charge >= 0.3 is 6.09 Å². The van der Waals surface area contributed by atoms with Gasteiger partial charge in [0.25, 0.3) is 0 Å². The van der Waals surface area contributed by atoms with Crippen molar-refractivity contribution in [1.29, 1.82) is 0 Å². The van der Waals surface area contributed by atoms with E-state index in [9.17, 15) is 9.59 Å². The lowest BCUT2D eigenvalue weighted by molar-refractivity contribution is -0.135. The van der Waals surface area contributed by atoms with Crippen molar-refractivity contribution >= 4 is 34.1 Å². The number of carbonyl (C=O) groups is 2. The fraction of sp³-hybridized carbons (Fsp3) is 0.385. The molecular formula is C26H32N2O3S. The van der Waals surface area contributed by atoms with E-state index in [1.165, 1.54) is 9.78 Å². The predicted molar refractivity (Wildman–Crippen MR) is 131 cm³/mol. The van der Waals surface area contributed by atoms with Gasteiger partial charge in [-0.25, -0.2) is 4.79 Å². The molecule has 0 bridgehead atoms. The van der Waals surface area contributed by atoms with Crippen molar-refractivity contribution < 1.29 is 14.3 Å². The summed E-state index contributed by atoms with van der Waals surface area (Å²) in [4.78, 5) is 30.7. The summed E-state index contributed by atoms with van der Waals surface area (Å²) in [5, 5.41) is 4.30. The zero-order valence-electron chi connectivity index (χ0n) is 19.5. The van der Waals surface area contributed by atoms with Gasteiger partial charge in [-0.15, -0.1) is 11.3 Å². The predicted octanol–water partition coefficient (Wildman–Crippen LogP) is 5.38. The molecule has 3 aromatic rings. The molecule has 2 amide bonds. The molecule has 0 saturated carbocycles. The Balaban J connectivity index is 1.81. The third-order valence-corrected chi connectivity index (χ3v) is 6.26. The van der Waals surface area contributed by atoms with Crippen LogP contribution in [0.25, 0.3) is 10.8 Å². The SMILES string of the molecule is CN(CCc1cccs1)C(=O)C(Cc1ccc2ccccc2c1)N(C)C(=O)OC(C)(C)C. The maximum Gasteiger partial charge on any atom is 0.410 e. The quantitative estimate of drug-likeness (QED) is 0.484. The smallest absolute Gasteiger partial charge is 0.410 e. The van der Waals surface area contributed by atoms with E-state index in [4.69, 9.17) is 4.74 Å². The number of fused-ring (bicyclic) bond motifs is 1. The normalized spacial score (nSPS) is 12.4. The second-order valence-corrected chi connectivity index (χ2v) is 10.1. The summed E-state index contributed by atoms with van der Waals surface area (Å²) < 4.78 is 5.56. The Hall–Kier alpha value is -2.86. The van der Waals surface area contributed by atoms with Crippen LogP contribution in [0.15, 0.2) is 60.0 Å². The Kier molecular flexibility index (Phi) is 7.56. The summed E-state index contributed by atoms with van der Waals surface area (Å²) in [6.07, 6.45) is 0.713. The van der Waals surface area contributed by atoms with Gasteiger partial charge in [-0.3, -0.25) is 9.69 Å². The van der Waals surface area contributed by atoms with Gasteiger partial charge in [0.2, 0.25) is 5.91 Å². The molecule has 5 nitrogen and oxygen atoms in total. The summed E-state index contributed by atoms with van der Waals surface area (Å²) in [5.74, 6) is -0.0944. The summed E-state index contributed by atoms with van der Waals surface area (Å²) in [6, 6.07) is 17.7. The van der Waals surface area contributed by atoms with Crippen LogP contribution in [0.3, 0.4) is 0 Å². The topological polar surface area (TPSA) is 49.9 Å². The third kappa shape index (κ3) is 6.33. The second kappa shape index (κ2) is 10.2. The first-order chi connectivity index (χ1) is 15.1. The van der Waals surface area contributed by atoms with E-state index in [1.807, 2.05) is 50.4 Å². The zero-order valence-corrected chi connectivity index (χ0v) is 20.3. The maximum absolute atomic E-state index is 13.5. The van der Waals surface area contributed by atoms with Crippen LogP contribution in [0, 0.1) is 0 Å². The molecule has 170 valence electrons. The molecule has 0 aliphatic rings. The molecule has 1 heterocycles. The van der Waals surface area contributed by atoms with Gasteiger partial charge in [0.05, 0.1) is 0 Å². The van der Waals surface area contributed by atoms with Crippen molar-refractivity contribution in [1.82, 2.24) is 9.80 Å². The van der Waals surface area contributed by atoms with Gasteiger partial charge in [0, 0.05) is 31.9 Å². The Labute approximate surface area is 194 Å². The van der Waals surface area contributed by atoms with Crippen LogP contribution in [-0.2, 0) is 22.4 Å². The number of amides is 2. The molecule has 0 N–H and O–H groups in total. The first-order valence-electron chi connectivity index (χ1n) is 10.8. The Bertz CT molecular complexity index is 1060. The molecule has 0 fully saturated rings. The van der Waals surface area contributed by atoms with Gasteiger partial charge in [-0.2, -0.15) is 0 Å². The molecule has 0 aliphatic carbocycles. The fourth-order valence-electron chi connectivity index (χ4n) is 3.54. The van der Waals surface area contributed by atoms with Crippen molar-refractivity contribution in [3.8, 4) is 0 Å². The van der Waals surface area contributed by atoms with E-state index >= 15 is 0 Å². The van der Waals surface area contributed by atoms with Gasteiger partial charge in [-0.1, -0.05) is 48.5 Å². The van der Waals surface area contributed by atoms with Crippen molar-refractivity contribution in [3.63, 3.8) is 0 Å². The lowest BCUT2D eigenvalue weighted by Crippen LogP contribution is -2.51. The third-order valence-electron chi connectivity index (χ3n) is 5.33. The van der Waals surface area contributed by atoms with E-state index in [0.29, 0.717) is 13.0 Å². The minimum absolute atomic E-state index is 0.0944. The van der Waals surface area contributed by atoms with E-state index in [1.54, 1.807) is 30.3 Å². The Morgan fingerprint density at radius 1 is 1.00 bits per heavy atom. The summed E-state index contributed by atoms with van der Waals surface area (Å²) in [6.45, 7) is 6.07. The van der Waals surface area contributed by atoms with E-state index in [0.717, 1.165) is 22.8 Å². The lowest BCUT2D eigenvalue weighted by Gasteiger charge is -2.32. The molecular weight excluding hydrogens is 420 g/mol. The molecule has 1 aromatic heterocycles. The largest absolute Gasteiger partial charge is 0.444 e. The van der Waals surface area contributed by atoms with Gasteiger partial charge < -0.3 is 9.64 Å². The van der Waals surface area contributed by atoms with Crippen LogP contribution in [0.2, 0.25) is 0 Å². The Morgan fingerprint density at radius 3 is 2.38 bits per heavy atom. The molecule has 0 radical (unpaired) electrons. The highest BCUT2D eigenvalue weighted by atomic mass is 32.1. The molecule has 1 unspecified atom stereocenters. The van der Waals surface area contributed by atoms with Crippen LogP contribution in [0.4, 0.5) is 4.79 Å². The van der Waals surface area contributed by atoms with Crippen LogP contribution in [-0.4, -0.2) is 54.1 Å². The molecule has 3 rings (SSSR count). The number of nitrogens with zero attached hydrogens (tertiary/aromatic N) is 2. The molecule has 0 aliphatic heterocycles. The molecule has 0 spiro atoms. The zero-order chi connectivity index (χ0) is 23.3. The van der Waals surface area contributed by atoms with E-state index < -0.39 is 17.7 Å². The number of ether oxygens (including phenoxy) is 1. The number of likely N-dealkylation sites (N-methyl/N-ethyl adjacent to an activating group) is 2. The highest BCUT2D eigenvalue weighted by Crippen LogP contribution is 2.20. The Morgan fingerprint density at radius 2 is 1.72 bits per heavy atom. The van der Waals surface area contributed by atoms with E-state index in [2.05, 4.69) is 30.3 Å².